The van der Waals surface area contributed by atoms with E-state index < -0.39 is 6.09 Å². The third-order valence-electron chi connectivity index (χ3n) is 6.96. The molecular formula is C25H32N4O3. The summed E-state index contributed by atoms with van der Waals surface area (Å²) in [5.41, 5.74) is 3.50. The Kier molecular flexibility index (Phi) is 6.46. The topological polar surface area (TPSA) is 85.8 Å². The summed E-state index contributed by atoms with van der Waals surface area (Å²) in [6.07, 6.45) is 0.750. The summed E-state index contributed by atoms with van der Waals surface area (Å²) in [7, 11) is 0. The first kappa shape index (κ1) is 22.3. The van der Waals surface area contributed by atoms with Gasteiger partial charge in [-0.1, -0.05) is 37.3 Å². The van der Waals surface area contributed by atoms with Crippen LogP contribution in [0.2, 0.25) is 0 Å². The van der Waals surface area contributed by atoms with E-state index >= 15 is 0 Å². The van der Waals surface area contributed by atoms with Crippen molar-refractivity contribution < 1.29 is 14.7 Å². The minimum Gasteiger partial charge on any atom is -0.465 e. The van der Waals surface area contributed by atoms with Gasteiger partial charge in [-0.05, 0) is 48.8 Å². The number of carbonyl (C=O) groups excluding carboxylic acids is 1. The van der Waals surface area contributed by atoms with Gasteiger partial charge in [0.2, 0.25) is 0 Å². The SMILES string of the molecule is Cc1ccnc(C)c1C(=O)N1CC2CN(CC(C)C(NC(=O)O)c3ccccc3)C[C@H]2C1. The molecule has 32 heavy (non-hydrogen) atoms. The zero-order valence-corrected chi connectivity index (χ0v) is 19.0. The normalized spacial score (nSPS) is 22.4. The van der Waals surface area contributed by atoms with Crippen molar-refractivity contribution in [1.29, 1.82) is 0 Å². The maximum Gasteiger partial charge on any atom is 0.405 e. The Morgan fingerprint density at radius 3 is 2.34 bits per heavy atom. The highest BCUT2D eigenvalue weighted by Gasteiger charge is 2.42. The highest BCUT2D eigenvalue weighted by molar-refractivity contribution is 5.96. The molecule has 0 saturated carbocycles. The van der Waals surface area contributed by atoms with Crippen LogP contribution in [0.1, 0.15) is 40.1 Å². The number of likely N-dealkylation sites (tertiary alicyclic amines) is 2. The Morgan fingerprint density at radius 1 is 1.09 bits per heavy atom. The summed E-state index contributed by atoms with van der Waals surface area (Å²) in [6.45, 7) is 10.2. The van der Waals surface area contributed by atoms with Crippen molar-refractivity contribution in [3.8, 4) is 0 Å². The average Bonchev–Trinajstić information content (AvgIpc) is 3.31. The molecule has 2 aliphatic heterocycles. The summed E-state index contributed by atoms with van der Waals surface area (Å²) in [5.74, 6) is 1.15. The zero-order valence-electron chi connectivity index (χ0n) is 19.0. The Morgan fingerprint density at radius 2 is 1.75 bits per heavy atom. The van der Waals surface area contributed by atoms with E-state index in [-0.39, 0.29) is 17.9 Å². The third-order valence-corrected chi connectivity index (χ3v) is 6.96. The minimum absolute atomic E-state index is 0.0946. The number of aryl methyl sites for hydroxylation is 2. The summed E-state index contributed by atoms with van der Waals surface area (Å²) in [4.78, 5) is 33.3. The molecule has 7 nitrogen and oxygen atoms in total. The van der Waals surface area contributed by atoms with Crippen molar-refractivity contribution in [3.63, 3.8) is 0 Å². The van der Waals surface area contributed by atoms with Gasteiger partial charge in [-0.25, -0.2) is 4.79 Å². The van der Waals surface area contributed by atoms with E-state index in [2.05, 4.69) is 22.1 Å². The van der Waals surface area contributed by atoms with E-state index in [0.29, 0.717) is 11.8 Å². The number of hydrogen-bond acceptors (Lipinski definition) is 4. The third kappa shape index (κ3) is 4.63. The number of rotatable bonds is 6. The standard InChI is InChI=1S/C25H32N4O3/c1-16-9-10-26-18(3)22(16)24(30)29-14-20-12-28(13-21(20)15-29)11-17(2)23(27-25(31)32)19-7-5-4-6-8-19/h4-10,17,20-21,23,27H,11-15H2,1-3H3,(H,31,32)/t17?,20-,21?,23?/m0/s1. The largest absolute Gasteiger partial charge is 0.465 e. The van der Waals surface area contributed by atoms with Crippen molar-refractivity contribution in [2.24, 2.45) is 17.8 Å². The molecule has 3 heterocycles. The lowest BCUT2D eigenvalue weighted by Crippen LogP contribution is -2.39. The predicted octanol–water partition coefficient (Wildman–Crippen LogP) is 3.35. The molecule has 1 aromatic heterocycles. The van der Waals surface area contributed by atoms with Crippen LogP contribution in [-0.2, 0) is 0 Å². The van der Waals surface area contributed by atoms with Gasteiger partial charge in [0, 0.05) is 38.9 Å². The van der Waals surface area contributed by atoms with Crippen molar-refractivity contribution in [3.05, 3.63) is 65.0 Å². The average molecular weight is 437 g/mol. The first-order valence-corrected chi connectivity index (χ1v) is 11.3. The fraction of sp³-hybridized carbons (Fsp3) is 0.480. The highest BCUT2D eigenvalue weighted by atomic mass is 16.4. The van der Waals surface area contributed by atoms with Gasteiger partial charge in [0.25, 0.3) is 5.91 Å². The van der Waals surface area contributed by atoms with Gasteiger partial charge >= 0.3 is 6.09 Å². The van der Waals surface area contributed by atoms with E-state index in [9.17, 15) is 14.7 Å². The lowest BCUT2D eigenvalue weighted by Gasteiger charge is -2.29. The van der Waals surface area contributed by atoms with Crippen LogP contribution >= 0.6 is 0 Å². The first-order chi connectivity index (χ1) is 15.3. The van der Waals surface area contributed by atoms with Crippen LogP contribution < -0.4 is 5.32 Å². The van der Waals surface area contributed by atoms with Crippen molar-refractivity contribution in [2.45, 2.75) is 26.8 Å². The Hall–Kier alpha value is -2.93. The second-order valence-corrected chi connectivity index (χ2v) is 9.35. The second kappa shape index (κ2) is 9.28. The van der Waals surface area contributed by atoms with Gasteiger partial charge < -0.3 is 20.2 Å². The first-order valence-electron chi connectivity index (χ1n) is 11.3. The van der Waals surface area contributed by atoms with Gasteiger partial charge in [-0.3, -0.25) is 9.78 Å². The van der Waals surface area contributed by atoms with Crippen molar-refractivity contribution >= 4 is 12.0 Å². The quantitative estimate of drug-likeness (QED) is 0.725. The molecular weight excluding hydrogens is 404 g/mol. The molecule has 2 N–H and O–H groups in total. The second-order valence-electron chi connectivity index (χ2n) is 9.35. The summed E-state index contributed by atoms with van der Waals surface area (Å²) < 4.78 is 0. The number of pyridine rings is 1. The van der Waals surface area contributed by atoms with Crippen LogP contribution in [0.3, 0.4) is 0 Å². The molecule has 2 aromatic rings. The van der Waals surface area contributed by atoms with E-state index in [0.717, 1.165) is 55.1 Å². The van der Waals surface area contributed by atoms with Gasteiger partial charge in [0.15, 0.2) is 0 Å². The molecule has 2 fully saturated rings. The number of carbonyl (C=O) groups is 2. The molecule has 4 atom stereocenters. The van der Waals surface area contributed by atoms with Gasteiger partial charge in [0.1, 0.15) is 0 Å². The van der Waals surface area contributed by atoms with Crippen LogP contribution in [0.4, 0.5) is 4.79 Å². The van der Waals surface area contributed by atoms with E-state index in [1.165, 1.54) is 0 Å². The number of hydrogen-bond donors (Lipinski definition) is 2. The maximum atomic E-state index is 13.1. The number of nitrogens with one attached hydrogen (secondary N) is 1. The maximum absolute atomic E-state index is 13.1. The molecule has 170 valence electrons. The summed E-state index contributed by atoms with van der Waals surface area (Å²) in [5, 5.41) is 12.0. The molecule has 2 saturated heterocycles. The smallest absolute Gasteiger partial charge is 0.405 e. The van der Waals surface area contributed by atoms with Crippen LogP contribution in [0.5, 0.6) is 0 Å². The van der Waals surface area contributed by atoms with E-state index in [4.69, 9.17) is 0 Å². The van der Waals surface area contributed by atoms with Crippen LogP contribution in [0, 0.1) is 31.6 Å². The van der Waals surface area contributed by atoms with Gasteiger partial charge in [-0.2, -0.15) is 0 Å². The summed E-state index contributed by atoms with van der Waals surface area (Å²) >= 11 is 0. The molecule has 2 amide bonds. The lowest BCUT2D eigenvalue weighted by atomic mass is 9.94. The van der Waals surface area contributed by atoms with Crippen LogP contribution in [-0.4, -0.2) is 64.6 Å². The number of aromatic nitrogens is 1. The predicted molar refractivity (Wildman–Crippen MR) is 123 cm³/mol. The molecule has 0 aliphatic carbocycles. The monoisotopic (exact) mass is 436 g/mol. The highest BCUT2D eigenvalue weighted by Crippen LogP contribution is 2.34. The van der Waals surface area contributed by atoms with Crippen LogP contribution in [0.15, 0.2) is 42.6 Å². The van der Waals surface area contributed by atoms with Crippen molar-refractivity contribution in [1.82, 2.24) is 20.1 Å². The van der Waals surface area contributed by atoms with Crippen LogP contribution in [0.25, 0.3) is 0 Å². The minimum atomic E-state index is -1.00. The number of fused-ring (bicyclic) bond motifs is 1. The van der Waals surface area contributed by atoms with Crippen molar-refractivity contribution in [2.75, 3.05) is 32.7 Å². The number of benzene rings is 1. The molecule has 3 unspecified atom stereocenters. The Bertz CT molecular complexity index is 946. The van der Waals surface area contributed by atoms with E-state index in [1.807, 2.05) is 55.1 Å². The Labute approximate surface area is 189 Å². The fourth-order valence-electron chi connectivity index (χ4n) is 5.44. The molecule has 7 heteroatoms. The lowest BCUT2D eigenvalue weighted by molar-refractivity contribution is 0.0770. The number of amides is 2. The zero-order chi connectivity index (χ0) is 22.8. The molecule has 0 spiro atoms. The number of nitrogens with zero attached hydrogens (tertiary/aromatic N) is 3. The summed E-state index contributed by atoms with van der Waals surface area (Å²) in [6, 6.07) is 11.4. The molecule has 0 bridgehead atoms. The van der Waals surface area contributed by atoms with E-state index in [1.54, 1.807) is 6.20 Å². The molecule has 4 rings (SSSR count). The molecule has 1 aromatic carbocycles. The number of carboxylic acid groups (broad SMARTS) is 1. The fourth-order valence-corrected chi connectivity index (χ4v) is 5.44. The molecule has 0 radical (unpaired) electrons. The van der Waals surface area contributed by atoms with Gasteiger partial charge in [-0.15, -0.1) is 0 Å². The van der Waals surface area contributed by atoms with Gasteiger partial charge in [0.05, 0.1) is 17.3 Å². The molecule has 2 aliphatic rings. The Balaban J connectivity index is 1.37.